The Morgan fingerprint density at radius 1 is 0.739 bits per heavy atom. The summed E-state index contributed by atoms with van der Waals surface area (Å²) in [7, 11) is 0. The molecule has 3 rings (SSSR count). The molecule has 2 N–H and O–H groups in total. The van der Waals surface area contributed by atoms with Crippen molar-refractivity contribution in [2.45, 2.75) is 26.2 Å². The second-order valence-corrected chi connectivity index (χ2v) is 5.59. The van der Waals surface area contributed by atoms with Crippen LogP contribution in [-0.2, 0) is 12.8 Å². The first kappa shape index (κ1) is 15.2. The van der Waals surface area contributed by atoms with Crippen LogP contribution >= 0.6 is 0 Å². The fraction of sp³-hybridized carbons (Fsp3) is 0.211. The van der Waals surface area contributed by atoms with Crippen LogP contribution in [0.15, 0.2) is 54.6 Å². The molecule has 3 aromatic rings. The number of anilines is 1. The molecule has 116 valence electrons. The summed E-state index contributed by atoms with van der Waals surface area (Å²) >= 11 is 0. The molecule has 23 heavy (non-hydrogen) atoms. The number of rotatable bonds is 5. The number of hydrogen-bond acceptors (Lipinski definition) is 4. The van der Waals surface area contributed by atoms with Crippen molar-refractivity contribution in [1.29, 1.82) is 0 Å². The quantitative estimate of drug-likeness (QED) is 0.782. The summed E-state index contributed by atoms with van der Waals surface area (Å²) < 4.78 is 0. The van der Waals surface area contributed by atoms with Crippen LogP contribution in [0.4, 0.5) is 5.82 Å². The molecule has 4 nitrogen and oxygen atoms in total. The summed E-state index contributed by atoms with van der Waals surface area (Å²) in [4.78, 5) is 13.6. The Labute approximate surface area is 136 Å². The predicted octanol–water partition coefficient (Wildman–Crippen LogP) is 3.60. The maximum absolute atomic E-state index is 5.71. The Morgan fingerprint density at radius 2 is 1.35 bits per heavy atom. The van der Waals surface area contributed by atoms with Crippen molar-refractivity contribution in [3.05, 3.63) is 71.7 Å². The topological polar surface area (TPSA) is 64.7 Å². The van der Waals surface area contributed by atoms with Gasteiger partial charge in [-0.25, -0.2) is 4.98 Å². The lowest BCUT2D eigenvalue weighted by molar-refractivity contribution is 0.783. The molecule has 0 aromatic carbocycles. The highest BCUT2D eigenvalue weighted by molar-refractivity contribution is 5.54. The van der Waals surface area contributed by atoms with Crippen LogP contribution in [-0.4, -0.2) is 15.0 Å². The van der Waals surface area contributed by atoms with Gasteiger partial charge in [-0.1, -0.05) is 18.2 Å². The zero-order chi connectivity index (χ0) is 16.1. The molecular formula is C19H20N4. The first-order valence-electron chi connectivity index (χ1n) is 7.82. The summed E-state index contributed by atoms with van der Waals surface area (Å²) in [6, 6.07) is 17.9. The normalized spacial score (nSPS) is 10.7. The van der Waals surface area contributed by atoms with Crippen LogP contribution < -0.4 is 5.73 Å². The molecule has 0 bridgehead atoms. The van der Waals surface area contributed by atoms with Gasteiger partial charge in [-0.3, -0.25) is 9.97 Å². The fourth-order valence-corrected chi connectivity index (χ4v) is 2.54. The van der Waals surface area contributed by atoms with E-state index in [1.54, 1.807) is 0 Å². The second-order valence-electron chi connectivity index (χ2n) is 5.59. The SMILES string of the molecule is Cc1cccc(-c2cccc(CCCc3cccc(N)n3)n2)n1. The van der Waals surface area contributed by atoms with Crippen molar-refractivity contribution in [3.8, 4) is 11.4 Å². The first-order chi connectivity index (χ1) is 11.2. The van der Waals surface area contributed by atoms with E-state index >= 15 is 0 Å². The van der Waals surface area contributed by atoms with E-state index in [9.17, 15) is 0 Å². The van der Waals surface area contributed by atoms with Gasteiger partial charge in [0.15, 0.2) is 0 Å². The van der Waals surface area contributed by atoms with Crippen molar-refractivity contribution < 1.29 is 0 Å². The van der Waals surface area contributed by atoms with Crippen LogP contribution in [0.5, 0.6) is 0 Å². The molecule has 0 aliphatic carbocycles. The predicted molar refractivity (Wildman–Crippen MR) is 92.9 cm³/mol. The van der Waals surface area contributed by atoms with Gasteiger partial charge in [0, 0.05) is 17.1 Å². The van der Waals surface area contributed by atoms with E-state index in [2.05, 4.69) is 16.0 Å². The van der Waals surface area contributed by atoms with E-state index in [-0.39, 0.29) is 0 Å². The average Bonchev–Trinajstić information content (AvgIpc) is 2.55. The number of nitrogens with two attached hydrogens (primary N) is 1. The van der Waals surface area contributed by atoms with Crippen molar-refractivity contribution in [2.24, 2.45) is 0 Å². The summed E-state index contributed by atoms with van der Waals surface area (Å²) in [5, 5.41) is 0. The molecule has 0 saturated carbocycles. The summed E-state index contributed by atoms with van der Waals surface area (Å²) in [6.45, 7) is 1.99. The van der Waals surface area contributed by atoms with Crippen molar-refractivity contribution in [1.82, 2.24) is 15.0 Å². The van der Waals surface area contributed by atoms with E-state index < -0.39 is 0 Å². The van der Waals surface area contributed by atoms with Crippen LogP contribution in [0.2, 0.25) is 0 Å². The fourth-order valence-electron chi connectivity index (χ4n) is 2.54. The molecule has 0 amide bonds. The van der Waals surface area contributed by atoms with E-state index in [4.69, 9.17) is 10.7 Å². The Hall–Kier alpha value is -2.75. The van der Waals surface area contributed by atoms with Gasteiger partial charge in [0.05, 0.1) is 11.4 Å². The van der Waals surface area contributed by atoms with E-state index in [0.29, 0.717) is 5.82 Å². The lowest BCUT2D eigenvalue weighted by atomic mass is 10.1. The second kappa shape index (κ2) is 7.01. The molecule has 0 radical (unpaired) electrons. The molecule has 0 spiro atoms. The standard InChI is InChI=1S/C19H20N4/c1-14-6-2-11-17(21-14)18-12-4-9-15(22-18)7-3-8-16-10-5-13-19(20)23-16/h2,4-6,9-13H,3,7-8H2,1H3,(H2,20,23). The maximum atomic E-state index is 5.71. The number of hydrogen-bond donors (Lipinski definition) is 1. The third-order valence-corrected chi connectivity index (χ3v) is 3.65. The molecule has 0 fully saturated rings. The van der Waals surface area contributed by atoms with Crippen LogP contribution in [0.1, 0.15) is 23.5 Å². The van der Waals surface area contributed by atoms with Gasteiger partial charge in [-0.05, 0) is 62.6 Å². The van der Waals surface area contributed by atoms with Gasteiger partial charge in [-0.2, -0.15) is 0 Å². The number of aromatic nitrogens is 3. The minimum absolute atomic E-state index is 0.577. The smallest absolute Gasteiger partial charge is 0.123 e. The average molecular weight is 304 g/mol. The third-order valence-electron chi connectivity index (χ3n) is 3.65. The third kappa shape index (κ3) is 4.13. The largest absolute Gasteiger partial charge is 0.384 e. The van der Waals surface area contributed by atoms with Crippen LogP contribution in [0, 0.1) is 6.92 Å². The molecule has 3 aromatic heterocycles. The highest BCUT2D eigenvalue weighted by Crippen LogP contribution is 2.16. The number of nitrogens with zero attached hydrogens (tertiary/aromatic N) is 3. The van der Waals surface area contributed by atoms with Crippen molar-refractivity contribution >= 4 is 5.82 Å². The number of pyridine rings is 3. The molecule has 4 heteroatoms. The minimum Gasteiger partial charge on any atom is -0.384 e. The van der Waals surface area contributed by atoms with Crippen LogP contribution in [0.25, 0.3) is 11.4 Å². The van der Waals surface area contributed by atoms with Gasteiger partial charge >= 0.3 is 0 Å². The highest BCUT2D eigenvalue weighted by atomic mass is 14.8. The van der Waals surface area contributed by atoms with Gasteiger partial charge in [0.2, 0.25) is 0 Å². The summed E-state index contributed by atoms with van der Waals surface area (Å²) in [5.41, 5.74) is 10.7. The van der Waals surface area contributed by atoms with Crippen LogP contribution in [0.3, 0.4) is 0 Å². The molecule has 3 heterocycles. The molecule has 0 aliphatic heterocycles. The van der Waals surface area contributed by atoms with Gasteiger partial charge in [0.25, 0.3) is 0 Å². The number of nitrogen functional groups attached to an aromatic ring is 1. The molecule has 0 atom stereocenters. The van der Waals surface area contributed by atoms with Crippen molar-refractivity contribution in [2.75, 3.05) is 5.73 Å². The van der Waals surface area contributed by atoms with Gasteiger partial charge in [-0.15, -0.1) is 0 Å². The zero-order valence-electron chi connectivity index (χ0n) is 13.2. The summed E-state index contributed by atoms with van der Waals surface area (Å²) in [6.07, 6.45) is 2.81. The Balaban J connectivity index is 1.66. The summed E-state index contributed by atoms with van der Waals surface area (Å²) in [5.74, 6) is 0.577. The van der Waals surface area contributed by atoms with E-state index in [0.717, 1.165) is 47.7 Å². The maximum Gasteiger partial charge on any atom is 0.123 e. The molecule has 0 aliphatic rings. The van der Waals surface area contributed by atoms with Gasteiger partial charge < -0.3 is 5.73 Å². The molecule has 0 saturated heterocycles. The highest BCUT2D eigenvalue weighted by Gasteiger charge is 2.03. The minimum atomic E-state index is 0.577. The van der Waals surface area contributed by atoms with E-state index in [1.165, 1.54) is 0 Å². The lowest BCUT2D eigenvalue weighted by Crippen LogP contribution is -1.98. The zero-order valence-corrected chi connectivity index (χ0v) is 13.2. The molecule has 0 unspecified atom stereocenters. The van der Waals surface area contributed by atoms with Gasteiger partial charge in [0.1, 0.15) is 5.82 Å². The Kier molecular flexibility index (Phi) is 4.62. The van der Waals surface area contributed by atoms with Crippen molar-refractivity contribution in [3.63, 3.8) is 0 Å². The lowest BCUT2D eigenvalue weighted by Gasteiger charge is -2.05. The van der Waals surface area contributed by atoms with E-state index in [1.807, 2.05) is 55.5 Å². The number of aryl methyl sites for hydroxylation is 3. The monoisotopic (exact) mass is 304 g/mol. The Bertz CT molecular complexity index is 799. The first-order valence-corrected chi connectivity index (χ1v) is 7.82. The molecular weight excluding hydrogens is 284 g/mol. The Morgan fingerprint density at radius 3 is 2.04 bits per heavy atom.